The van der Waals surface area contributed by atoms with Crippen molar-refractivity contribution in [2.75, 3.05) is 20.2 Å². The largest absolute Gasteiger partial charge is 0.491 e. The van der Waals surface area contributed by atoms with E-state index in [4.69, 9.17) is 4.74 Å². The molecule has 6 heteroatoms. The summed E-state index contributed by atoms with van der Waals surface area (Å²) in [6.45, 7) is 2.89. The first kappa shape index (κ1) is 20.1. The standard InChI is InChI=1S/C24H26N4O2/c1-18(19-7-10-22(11-8-19)28-17-25-16-26-28)27(2)14-23(29)15-30-24-12-9-20-5-3-4-6-21(20)13-24/h3-13,16-18,23,29H,14-15H2,1-2H3. The molecule has 0 bridgehead atoms. The van der Waals surface area contributed by atoms with Gasteiger partial charge in [0.2, 0.25) is 0 Å². The molecular weight excluding hydrogens is 376 g/mol. The molecular formula is C24H26N4O2. The molecule has 0 aliphatic carbocycles. The topological polar surface area (TPSA) is 63.4 Å². The van der Waals surface area contributed by atoms with Crippen LogP contribution in [0.3, 0.4) is 0 Å². The van der Waals surface area contributed by atoms with Gasteiger partial charge in [-0.25, -0.2) is 9.67 Å². The Labute approximate surface area is 176 Å². The molecule has 2 unspecified atom stereocenters. The molecule has 154 valence electrons. The molecule has 4 rings (SSSR count). The first-order chi connectivity index (χ1) is 14.6. The van der Waals surface area contributed by atoms with Crippen LogP contribution >= 0.6 is 0 Å². The highest BCUT2D eigenvalue weighted by Gasteiger charge is 2.16. The van der Waals surface area contributed by atoms with E-state index in [9.17, 15) is 5.11 Å². The first-order valence-electron chi connectivity index (χ1n) is 10.0. The number of nitrogens with zero attached hydrogens (tertiary/aromatic N) is 4. The lowest BCUT2D eigenvalue weighted by molar-refractivity contribution is 0.0654. The molecule has 1 N–H and O–H groups in total. The third-order valence-corrected chi connectivity index (χ3v) is 5.38. The fourth-order valence-corrected chi connectivity index (χ4v) is 3.49. The van der Waals surface area contributed by atoms with Crippen LogP contribution in [0.5, 0.6) is 5.75 Å². The van der Waals surface area contributed by atoms with Crippen LogP contribution in [0.1, 0.15) is 18.5 Å². The highest BCUT2D eigenvalue weighted by molar-refractivity contribution is 5.83. The maximum Gasteiger partial charge on any atom is 0.138 e. The van der Waals surface area contributed by atoms with Crippen molar-refractivity contribution in [3.05, 3.63) is 84.9 Å². The predicted octanol–water partition coefficient (Wildman–Crippen LogP) is 3.85. The summed E-state index contributed by atoms with van der Waals surface area (Å²) in [5, 5.41) is 16.9. The summed E-state index contributed by atoms with van der Waals surface area (Å²) in [7, 11) is 2.01. The quantitative estimate of drug-likeness (QED) is 0.485. The van der Waals surface area contributed by atoms with E-state index in [0.717, 1.165) is 16.8 Å². The monoisotopic (exact) mass is 402 g/mol. The maximum atomic E-state index is 10.5. The summed E-state index contributed by atoms with van der Waals surface area (Å²) < 4.78 is 7.56. The molecule has 0 saturated heterocycles. The zero-order valence-corrected chi connectivity index (χ0v) is 17.2. The van der Waals surface area contributed by atoms with Gasteiger partial charge in [0.15, 0.2) is 0 Å². The third-order valence-electron chi connectivity index (χ3n) is 5.38. The Morgan fingerprint density at radius 3 is 2.53 bits per heavy atom. The minimum atomic E-state index is -0.585. The molecule has 4 aromatic rings. The second-order valence-electron chi connectivity index (χ2n) is 7.52. The molecule has 3 aromatic carbocycles. The predicted molar refractivity (Wildman–Crippen MR) is 118 cm³/mol. The van der Waals surface area contributed by atoms with Crippen LogP contribution in [0.25, 0.3) is 16.5 Å². The summed E-state index contributed by atoms with van der Waals surface area (Å²) in [5.41, 5.74) is 2.14. The van der Waals surface area contributed by atoms with Gasteiger partial charge in [-0.1, -0.05) is 42.5 Å². The van der Waals surface area contributed by atoms with Crippen LogP contribution in [0.2, 0.25) is 0 Å². The van der Waals surface area contributed by atoms with Crippen molar-refractivity contribution >= 4 is 10.8 Å². The normalized spacial score (nSPS) is 13.5. The van der Waals surface area contributed by atoms with Crippen LogP contribution in [0, 0.1) is 0 Å². The third kappa shape index (κ3) is 4.67. The fraction of sp³-hybridized carbons (Fsp3) is 0.250. The average Bonchev–Trinajstić information content (AvgIpc) is 3.32. The SMILES string of the molecule is CC(c1ccc(-n2cncn2)cc1)N(C)CC(O)COc1ccc2ccccc2c1. The Kier molecular flexibility index (Phi) is 6.07. The number of benzene rings is 3. The van der Waals surface area contributed by atoms with E-state index in [0.29, 0.717) is 6.54 Å². The summed E-state index contributed by atoms with van der Waals surface area (Å²) in [5.74, 6) is 0.771. The molecule has 2 atom stereocenters. The Bertz CT molecular complexity index is 1080. The molecule has 30 heavy (non-hydrogen) atoms. The number of hydrogen-bond acceptors (Lipinski definition) is 5. The number of aliphatic hydroxyl groups is 1. The van der Waals surface area contributed by atoms with Crippen molar-refractivity contribution in [2.24, 2.45) is 0 Å². The van der Waals surface area contributed by atoms with E-state index in [2.05, 4.69) is 46.2 Å². The minimum Gasteiger partial charge on any atom is -0.491 e. The Balaban J connectivity index is 1.31. The van der Waals surface area contributed by atoms with Crippen molar-refractivity contribution in [2.45, 2.75) is 19.1 Å². The summed E-state index contributed by atoms with van der Waals surface area (Å²) >= 11 is 0. The summed E-state index contributed by atoms with van der Waals surface area (Å²) in [6, 6.07) is 22.5. The highest BCUT2D eigenvalue weighted by Crippen LogP contribution is 2.22. The second kappa shape index (κ2) is 9.07. The van der Waals surface area contributed by atoms with E-state index in [-0.39, 0.29) is 12.6 Å². The average molecular weight is 402 g/mol. The molecule has 0 aliphatic rings. The van der Waals surface area contributed by atoms with E-state index in [1.54, 1.807) is 11.0 Å². The first-order valence-corrected chi connectivity index (χ1v) is 10.0. The van der Waals surface area contributed by atoms with Gasteiger partial charge < -0.3 is 9.84 Å². The summed E-state index contributed by atoms with van der Waals surface area (Å²) in [4.78, 5) is 6.10. The molecule has 0 fully saturated rings. The van der Waals surface area contributed by atoms with Gasteiger partial charge in [0.05, 0.1) is 5.69 Å². The van der Waals surface area contributed by atoms with Crippen molar-refractivity contribution < 1.29 is 9.84 Å². The van der Waals surface area contributed by atoms with Gasteiger partial charge in [0, 0.05) is 12.6 Å². The lowest BCUT2D eigenvalue weighted by Crippen LogP contribution is -2.34. The molecule has 0 spiro atoms. The second-order valence-corrected chi connectivity index (χ2v) is 7.52. The highest BCUT2D eigenvalue weighted by atomic mass is 16.5. The number of likely N-dealkylation sites (N-methyl/N-ethyl adjacent to an activating group) is 1. The lowest BCUT2D eigenvalue weighted by Gasteiger charge is -2.27. The molecule has 0 radical (unpaired) electrons. The molecule has 1 aromatic heterocycles. The van der Waals surface area contributed by atoms with E-state index < -0.39 is 6.10 Å². The number of hydrogen-bond donors (Lipinski definition) is 1. The minimum absolute atomic E-state index is 0.158. The zero-order valence-electron chi connectivity index (χ0n) is 17.2. The van der Waals surface area contributed by atoms with E-state index in [1.165, 1.54) is 17.3 Å². The van der Waals surface area contributed by atoms with E-state index in [1.807, 2.05) is 49.5 Å². The van der Waals surface area contributed by atoms with Gasteiger partial charge >= 0.3 is 0 Å². The Morgan fingerprint density at radius 2 is 1.80 bits per heavy atom. The smallest absolute Gasteiger partial charge is 0.138 e. The van der Waals surface area contributed by atoms with Crippen LogP contribution < -0.4 is 4.74 Å². The van der Waals surface area contributed by atoms with Crippen LogP contribution in [-0.2, 0) is 0 Å². The number of aliphatic hydroxyl groups excluding tert-OH is 1. The fourth-order valence-electron chi connectivity index (χ4n) is 3.49. The Morgan fingerprint density at radius 1 is 1.03 bits per heavy atom. The van der Waals surface area contributed by atoms with Crippen molar-refractivity contribution in [1.29, 1.82) is 0 Å². The van der Waals surface area contributed by atoms with Gasteiger partial charge in [-0.15, -0.1) is 0 Å². The van der Waals surface area contributed by atoms with Crippen molar-refractivity contribution in [1.82, 2.24) is 19.7 Å². The molecule has 0 aliphatic heterocycles. The molecule has 0 amide bonds. The van der Waals surface area contributed by atoms with Crippen molar-refractivity contribution in [3.63, 3.8) is 0 Å². The van der Waals surface area contributed by atoms with Crippen LogP contribution in [-0.4, -0.2) is 51.1 Å². The Hall–Kier alpha value is -3.22. The zero-order chi connectivity index (χ0) is 20.9. The molecule has 1 heterocycles. The van der Waals surface area contributed by atoms with Gasteiger partial charge in [-0.05, 0) is 54.6 Å². The lowest BCUT2D eigenvalue weighted by atomic mass is 10.1. The molecule has 0 saturated carbocycles. The van der Waals surface area contributed by atoms with Gasteiger partial charge in [0.25, 0.3) is 0 Å². The number of ether oxygens (including phenoxy) is 1. The van der Waals surface area contributed by atoms with Gasteiger partial charge in [0.1, 0.15) is 31.1 Å². The van der Waals surface area contributed by atoms with Crippen LogP contribution in [0.15, 0.2) is 79.4 Å². The number of aromatic nitrogens is 3. The number of rotatable bonds is 8. The summed E-state index contributed by atoms with van der Waals surface area (Å²) in [6.07, 6.45) is 2.61. The van der Waals surface area contributed by atoms with Crippen LogP contribution in [0.4, 0.5) is 0 Å². The number of fused-ring (bicyclic) bond motifs is 1. The maximum absolute atomic E-state index is 10.5. The van der Waals surface area contributed by atoms with Gasteiger partial charge in [-0.2, -0.15) is 5.10 Å². The molecule has 6 nitrogen and oxygen atoms in total. The van der Waals surface area contributed by atoms with Gasteiger partial charge in [-0.3, -0.25) is 4.90 Å². The van der Waals surface area contributed by atoms with Crippen molar-refractivity contribution in [3.8, 4) is 11.4 Å². The van der Waals surface area contributed by atoms with E-state index >= 15 is 0 Å².